The summed E-state index contributed by atoms with van der Waals surface area (Å²) in [5.41, 5.74) is 2.45. The molecule has 2 amide bonds. The summed E-state index contributed by atoms with van der Waals surface area (Å²) >= 11 is 0. The van der Waals surface area contributed by atoms with Crippen LogP contribution in [0.3, 0.4) is 0 Å². The molecule has 0 spiro atoms. The van der Waals surface area contributed by atoms with Crippen molar-refractivity contribution in [1.29, 1.82) is 0 Å². The van der Waals surface area contributed by atoms with Crippen LogP contribution in [0, 0.1) is 5.82 Å². The molecule has 0 saturated carbocycles. The first-order valence-electron chi connectivity index (χ1n) is 9.78. The predicted molar refractivity (Wildman–Crippen MR) is 107 cm³/mol. The van der Waals surface area contributed by atoms with E-state index in [2.05, 4.69) is 0 Å². The van der Waals surface area contributed by atoms with Crippen LogP contribution in [0.4, 0.5) is 15.8 Å². The number of hydrogen-bond donors (Lipinski definition) is 0. The maximum absolute atomic E-state index is 14.0. The van der Waals surface area contributed by atoms with Crippen molar-refractivity contribution in [2.75, 3.05) is 36.0 Å². The standard InChI is InChI=1S/C22H24FN3O2/c1-2-21(27)26-18-9-5-3-7-16(18)15-20(26)22(28)25-13-11-24(12-14-25)19-10-6-4-8-17(19)23/h3-10,20H,2,11-15H2,1H3/t20-/m0/s1. The van der Waals surface area contributed by atoms with Crippen molar-refractivity contribution in [3.05, 3.63) is 59.9 Å². The third-order valence-corrected chi connectivity index (χ3v) is 5.62. The minimum atomic E-state index is -0.482. The molecule has 2 heterocycles. The average Bonchev–Trinajstić information content (AvgIpc) is 3.13. The highest BCUT2D eigenvalue weighted by Gasteiger charge is 2.40. The fourth-order valence-corrected chi connectivity index (χ4v) is 4.15. The minimum absolute atomic E-state index is 0.0221. The molecule has 1 fully saturated rings. The molecule has 2 aromatic rings. The number of amides is 2. The van der Waals surface area contributed by atoms with Crippen molar-refractivity contribution in [2.24, 2.45) is 0 Å². The van der Waals surface area contributed by atoms with Crippen LogP contribution < -0.4 is 9.80 Å². The van der Waals surface area contributed by atoms with Gasteiger partial charge in [0.15, 0.2) is 0 Å². The van der Waals surface area contributed by atoms with Crippen LogP contribution in [-0.2, 0) is 16.0 Å². The number of para-hydroxylation sites is 2. The first-order valence-corrected chi connectivity index (χ1v) is 9.78. The smallest absolute Gasteiger partial charge is 0.246 e. The third kappa shape index (κ3) is 3.23. The number of anilines is 2. The van der Waals surface area contributed by atoms with Gasteiger partial charge in [0, 0.05) is 44.7 Å². The lowest BCUT2D eigenvalue weighted by molar-refractivity contribution is -0.134. The monoisotopic (exact) mass is 381 g/mol. The number of fused-ring (bicyclic) bond motifs is 1. The van der Waals surface area contributed by atoms with Gasteiger partial charge in [-0.1, -0.05) is 37.3 Å². The predicted octanol–water partition coefficient (Wildman–Crippen LogP) is 2.84. The van der Waals surface area contributed by atoms with E-state index in [1.807, 2.05) is 47.1 Å². The molecule has 0 N–H and O–H groups in total. The number of benzene rings is 2. The van der Waals surface area contributed by atoms with Gasteiger partial charge in [-0.05, 0) is 23.8 Å². The van der Waals surface area contributed by atoms with Gasteiger partial charge in [-0.2, -0.15) is 0 Å². The number of halogens is 1. The molecule has 1 atom stereocenters. The Morgan fingerprint density at radius 1 is 0.964 bits per heavy atom. The van der Waals surface area contributed by atoms with E-state index in [1.54, 1.807) is 17.0 Å². The van der Waals surface area contributed by atoms with Crippen LogP contribution in [0.15, 0.2) is 48.5 Å². The Hall–Kier alpha value is -2.89. The summed E-state index contributed by atoms with van der Waals surface area (Å²) in [4.78, 5) is 31.3. The summed E-state index contributed by atoms with van der Waals surface area (Å²) in [5.74, 6) is -0.298. The van der Waals surface area contributed by atoms with Crippen molar-refractivity contribution in [3.63, 3.8) is 0 Å². The van der Waals surface area contributed by atoms with Crippen LogP contribution in [-0.4, -0.2) is 48.9 Å². The molecular weight excluding hydrogens is 357 g/mol. The van der Waals surface area contributed by atoms with E-state index in [0.717, 1.165) is 11.3 Å². The van der Waals surface area contributed by atoms with Gasteiger partial charge < -0.3 is 9.80 Å². The van der Waals surface area contributed by atoms with Gasteiger partial charge in [0.05, 0.1) is 5.69 Å². The van der Waals surface area contributed by atoms with Crippen molar-refractivity contribution >= 4 is 23.2 Å². The number of carbonyl (C=O) groups is 2. The maximum Gasteiger partial charge on any atom is 0.246 e. The third-order valence-electron chi connectivity index (χ3n) is 5.62. The largest absolute Gasteiger partial charge is 0.366 e. The highest BCUT2D eigenvalue weighted by atomic mass is 19.1. The highest BCUT2D eigenvalue weighted by Crippen LogP contribution is 2.33. The zero-order valence-corrected chi connectivity index (χ0v) is 16.0. The first-order chi connectivity index (χ1) is 13.6. The van der Waals surface area contributed by atoms with Crippen molar-refractivity contribution in [1.82, 2.24) is 4.90 Å². The Labute approximate surface area is 164 Å². The van der Waals surface area contributed by atoms with E-state index in [-0.39, 0.29) is 17.6 Å². The lowest BCUT2D eigenvalue weighted by atomic mass is 10.1. The molecule has 146 valence electrons. The van der Waals surface area contributed by atoms with Crippen LogP contribution in [0.2, 0.25) is 0 Å². The summed E-state index contributed by atoms with van der Waals surface area (Å²) < 4.78 is 14.0. The molecule has 4 rings (SSSR count). The Bertz CT molecular complexity index is 893. The summed E-state index contributed by atoms with van der Waals surface area (Å²) in [6, 6.07) is 14.0. The van der Waals surface area contributed by atoms with Crippen LogP contribution >= 0.6 is 0 Å². The van der Waals surface area contributed by atoms with Crippen LogP contribution in [0.1, 0.15) is 18.9 Å². The molecule has 2 aliphatic heterocycles. The first kappa shape index (κ1) is 18.5. The summed E-state index contributed by atoms with van der Waals surface area (Å²) in [7, 11) is 0. The molecule has 0 aliphatic carbocycles. The number of carbonyl (C=O) groups excluding carboxylic acids is 2. The molecule has 0 radical (unpaired) electrons. The van der Waals surface area contributed by atoms with Gasteiger partial charge >= 0.3 is 0 Å². The van der Waals surface area contributed by atoms with E-state index >= 15 is 0 Å². The molecule has 5 nitrogen and oxygen atoms in total. The fraction of sp³-hybridized carbons (Fsp3) is 0.364. The lowest BCUT2D eigenvalue weighted by Crippen LogP contribution is -2.55. The molecule has 6 heteroatoms. The SMILES string of the molecule is CCC(=O)N1c2ccccc2C[C@H]1C(=O)N1CCN(c2ccccc2F)CC1. The second-order valence-corrected chi connectivity index (χ2v) is 7.23. The number of nitrogens with zero attached hydrogens (tertiary/aromatic N) is 3. The molecule has 28 heavy (non-hydrogen) atoms. The fourth-order valence-electron chi connectivity index (χ4n) is 4.15. The van der Waals surface area contributed by atoms with Crippen molar-refractivity contribution < 1.29 is 14.0 Å². The second-order valence-electron chi connectivity index (χ2n) is 7.23. The van der Waals surface area contributed by atoms with Crippen molar-refractivity contribution in [3.8, 4) is 0 Å². The molecule has 0 unspecified atom stereocenters. The van der Waals surface area contributed by atoms with E-state index in [9.17, 15) is 14.0 Å². The Kier molecular flexibility index (Phi) is 5.03. The summed E-state index contributed by atoms with van der Waals surface area (Å²) in [6.45, 7) is 4.02. The van der Waals surface area contributed by atoms with Crippen LogP contribution in [0.5, 0.6) is 0 Å². The summed E-state index contributed by atoms with van der Waals surface area (Å²) in [5, 5.41) is 0. The molecule has 0 aromatic heterocycles. The van der Waals surface area contributed by atoms with E-state index in [4.69, 9.17) is 0 Å². The second kappa shape index (κ2) is 7.62. The molecule has 1 saturated heterocycles. The Morgan fingerprint density at radius 2 is 1.61 bits per heavy atom. The van der Waals surface area contributed by atoms with E-state index < -0.39 is 6.04 Å². The molecule has 0 bridgehead atoms. The Balaban J connectivity index is 1.48. The quantitative estimate of drug-likeness (QED) is 0.821. The van der Waals surface area contributed by atoms with Gasteiger partial charge in [0.1, 0.15) is 11.9 Å². The van der Waals surface area contributed by atoms with Crippen LogP contribution in [0.25, 0.3) is 0 Å². The number of rotatable bonds is 3. The van der Waals surface area contributed by atoms with E-state index in [1.165, 1.54) is 6.07 Å². The summed E-state index contributed by atoms with van der Waals surface area (Å²) in [6.07, 6.45) is 0.910. The minimum Gasteiger partial charge on any atom is -0.366 e. The normalized spacial score (nSPS) is 18.9. The zero-order chi connectivity index (χ0) is 19.7. The van der Waals surface area contributed by atoms with E-state index in [0.29, 0.717) is 44.7 Å². The Morgan fingerprint density at radius 3 is 2.29 bits per heavy atom. The average molecular weight is 381 g/mol. The molecular formula is C22H24FN3O2. The molecule has 2 aliphatic rings. The van der Waals surface area contributed by atoms with Gasteiger partial charge in [-0.3, -0.25) is 14.5 Å². The number of piperazine rings is 1. The lowest BCUT2D eigenvalue weighted by Gasteiger charge is -2.38. The van der Waals surface area contributed by atoms with Gasteiger partial charge in [-0.15, -0.1) is 0 Å². The maximum atomic E-state index is 14.0. The van der Waals surface area contributed by atoms with Gasteiger partial charge in [0.25, 0.3) is 0 Å². The van der Waals surface area contributed by atoms with Crippen molar-refractivity contribution in [2.45, 2.75) is 25.8 Å². The number of hydrogen-bond acceptors (Lipinski definition) is 3. The topological polar surface area (TPSA) is 43.9 Å². The van der Waals surface area contributed by atoms with Gasteiger partial charge in [0.2, 0.25) is 11.8 Å². The van der Waals surface area contributed by atoms with Gasteiger partial charge in [-0.25, -0.2) is 4.39 Å². The highest BCUT2D eigenvalue weighted by molar-refractivity contribution is 6.03. The molecule has 2 aromatic carbocycles. The zero-order valence-electron chi connectivity index (χ0n) is 16.0.